The summed E-state index contributed by atoms with van der Waals surface area (Å²) >= 11 is 0. The molecule has 4 aromatic rings. The number of rotatable bonds is 4. The summed E-state index contributed by atoms with van der Waals surface area (Å²) in [6.45, 7) is 3.95. The number of fused-ring (bicyclic) bond motifs is 1. The summed E-state index contributed by atoms with van der Waals surface area (Å²) in [7, 11) is 1.65. The maximum Gasteiger partial charge on any atom is 0.255 e. The second-order valence-corrected chi connectivity index (χ2v) is 6.69. The van der Waals surface area contributed by atoms with Crippen molar-refractivity contribution in [3.63, 3.8) is 0 Å². The predicted octanol–water partition coefficient (Wildman–Crippen LogP) is 4.88. The van der Waals surface area contributed by atoms with E-state index in [2.05, 4.69) is 5.32 Å². The Morgan fingerprint density at radius 3 is 2.46 bits per heavy atom. The van der Waals surface area contributed by atoms with Gasteiger partial charge in [-0.2, -0.15) is 0 Å². The molecule has 0 radical (unpaired) electrons. The molecule has 2 aromatic heterocycles. The molecule has 0 saturated carbocycles. The van der Waals surface area contributed by atoms with Crippen LogP contribution in [0.25, 0.3) is 16.9 Å². The lowest BCUT2D eigenvalue weighted by molar-refractivity contribution is 0.102. The number of aryl methyl sites for hydroxylation is 2. The van der Waals surface area contributed by atoms with Crippen LogP contribution in [0.1, 0.15) is 21.6 Å². The molecule has 2 heterocycles. The summed E-state index contributed by atoms with van der Waals surface area (Å²) in [4.78, 5) is 17.3. The molecular formula is C23H21N3O2. The van der Waals surface area contributed by atoms with Gasteiger partial charge in [-0.05, 0) is 61.9 Å². The number of amides is 1. The molecule has 0 aliphatic rings. The van der Waals surface area contributed by atoms with Crippen LogP contribution < -0.4 is 10.1 Å². The number of hydrogen-bond donors (Lipinski definition) is 1. The summed E-state index contributed by atoms with van der Waals surface area (Å²) in [6, 6.07) is 19.2. The third-order valence-corrected chi connectivity index (χ3v) is 4.87. The summed E-state index contributed by atoms with van der Waals surface area (Å²) in [6.07, 6.45) is 1.90. The molecule has 4 rings (SSSR count). The van der Waals surface area contributed by atoms with Gasteiger partial charge in [0.1, 0.15) is 11.4 Å². The SMILES string of the molecule is COc1ccc(-c2nc3ccc(NC(=O)c4ccccc4C)cn3c2C)cc1. The van der Waals surface area contributed by atoms with Crippen LogP contribution in [0.15, 0.2) is 66.9 Å². The molecule has 0 unspecified atom stereocenters. The first-order chi connectivity index (χ1) is 13.6. The Bertz CT molecular complexity index is 1160. The van der Waals surface area contributed by atoms with Gasteiger partial charge in [-0.15, -0.1) is 0 Å². The number of nitrogens with one attached hydrogen (secondary N) is 1. The van der Waals surface area contributed by atoms with Gasteiger partial charge in [0.2, 0.25) is 0 Å². The van der Waals surface area contributed by atoms with Crippen molar-refractivity contribution in [1.29, 1.82) is 0 Å². The smallest absolute Gasteiger partial charge is 0.255 e. The summed E-state index contributed by atoms with van der Waals surface area (Å²) in [5, 5.41) is 2.98. The van der Waals surface area contributed by atoms with Crippen molar-refractivity contribution in [1.82, 2.24) is 9.38 Å². The monoisotopic (exact) mass is 371 g/mol. The quantitative estimate of drug-likeness (QED) is 0.556. The molecule has 0 atom stereocenters. The fourth-order valence-corrected chi connectivity index (χ4v) is 3.28. The normalized spacial score (nSPS) is 10.8. The lowest BCUT2D eigenvalue weighted by Gasteiger charge is -2.08. The van der Waals surface area contributed by atoms with Crippen LogP contribution in [0.2, 0.25) is 0 Å². The van der Waals surface area contributed by atoms with E-state index in [1.807, 2.05) is 85.1 Å². The van der Waals surface area contributed by atoms with E-state index in [-0.39, 0.29) is 5.91 Å². The number of carbonyl (C=O) groups excluding carboxylic acids is 1. The number of methoxy groups -OCH3 is 1. The van der Waals surface area contributed by atoms with E-state index in [1.54, 1.807) is 7.11 Å². The maximum absolute atomic E-state index is 12.6. The third kappa shape index (κ3) is 3.22. The highest BCUT2D eigenvalue weighted by atomic mass is 16.5. The zero-order valence-electron chi connectivity index (χ0n) is 16.1. The Morgan fingerprint density at radius 1 is 1.00 bits per heavy atom. The van der Waals surface area contributed by atoms with Crippen molar-refractivity contribution in [2.45, 2.75) is 13.8 Å². The number of aromatic nitrogens is 2. The second-order valence-electron chi connectivity index (χ2n) is 6.69. The standard InChI is InChI=1S/C23H21N3O2/c1-15-6-4-5-7-20(15)23(27)24-18-10-13-21-25-22(16(2)26(21)14-18)17-8-11-19(28-3)12-9-17/h4-14H,1-3H3,(H,24,27). The number of anilines is 1. The average Bonchev–Trinajstić information content (AvgIpc) is 3.04. The van der Waals surface area contributed by atoms with E-state index in [0.717, 1.165) is 39.6 Å². The van der Waals surface area contributed by atoms with Crippen LogP contribution in [0.4, 0.5) is 5.69 Å². The number of imidazole rings is 1. The van der Waals surface area contributed by atoms with Gasteiger partial charge in [0.25, 0.3) is 5.91 Å². The van der Waals surface area contributed by atoms with Crippen LogP contribution in [-0.2, 0) is 0 Å². The Morgan fingerprint density at radius 2 is 1.75 bits per heavy atom. The van der Waals surface area contributed by atoms with Crippen LogP contribution in [0.5, 0.6) is 5.75 Å². The minimum Gasteiger partial charge on any atom is -0.497 e. The molecule has 0 spiro atoms. The maximum atomic E-state index is 12.6. The molecule has 1 amide bonds. The highest BCUT2D eigenvalue weighted by Gasteiger charge is 2.13. The van der Waals surface area contributed by atoms with Crippen molar-refractivity contribution in [3.8, 4) is 17.0 Å². The highest BCUT2D eigenvalue weighted by molar-refractivity contribution is 6.05. The molecule has 5 heteroatoms. The minimum absolute atomic E-state index is 0.120. The molecule has 1 N–H and O–H groups in total. The van der Waals surface area contributed by atoms with Gasteiger partial charge in [0, 0.05) is 23.0 Å². The Labute approximate surface area is 163 Å². The van der Waals surface area contributed by atoms with E-state index in [0.29, 0.717) is 5.56 Å². The van der Waals surface area contributed by atoms with Gasteiger partial charge in [0.15, 0.2) is 0 Å². The van der Waals surface area contributed by atoms with E-state index in [9.17, 15) is 4.79 Å². The zero-order chi connectivity index (χ0) is 19.7. The fraction of sp³-hybridized carbons (Fsp3) is 0.130. The number of nitrogens with zero attached hydrogens (tertiary/aromatic N) is 2. The van der Waals surface area contributed by atoms with Crippen molar-refractivity contribution in [3.05, 3.63) is 83.7 Å². The number of pyridine rings is 1. The van der Waals surface area contributed by atoms with Crippen molar-refractivity contribution >= 4 is 17.2 Å². The van der Waals surface area contributed by atoms with Crippen molar-refractivity contribution < 1.29 is 9.53 Å². The Balaban J connectivity index is 1.66. The summed E-state index contributed by atoms with van der Waals surface area (Å²) < 4.78 is 7.22. The highest BCUT2D eigenvalue weighted by Crippen LogP contribution is 2.27. The lowest BCUT2D eigenvalue weighted by Crippen LogP contribution is -2.13. The first kappa shape index (κ1) is 17.8. The summed E-state index contributed by atoms with van der Waals surface area (Å²) in [5.41, 5.74) is 6.11. The molecule has 0 aliphatic heterocycles. The number of benzene rings is 2. The molecule has 0 bridgehead atoms. The van der Waals surface area contributed by atoms with Gasteiger partial charge < -0.3 is 14.5 Å². The molecule has 0 aliphatic carbocycles. The molecule has 0 fully saturated rings. The Kier molecular flexibility index (Phi) is 4.57. The van der Waals surface area contributed by atoms with Crippen LogP contribution >= 0.6 is 0 Å². The van der Waals surface area contributed by atoms with E-state index < -0.39 is 0 Å². The zero-order valence-corrected chi connectivity index (χ0v) is 16.1. The van der Waals surface area contributed by atoms with Gasteiger partial charge in [-0.25, -0.2) is 4.98 Å². The Hall–Kier alpha value is -3.60. The number of carbonyl (C=O) groups is 1. The summed E-state index contributed by atoms with van der Waals surface area (Å²) in [5.74, 6) is 0.692. The van der Waals surface area contributed by atoms with Crippen molar-refractivity contribution in [2.75, 3.05) is 12.4 Å². The van der Waals surface area contributed by atoms with E-state index in [1.165, 1.54) is 0 Å². The fourth-order valence-electron chi connectivity index (χ4n) is 3.28. The second kappa shape index (κ2) is 7.19. The first-order valence-electron chi connectivity index (χ1n) is 9.07. The molecule has 140 valence electrons. The molecule has 28 heavy (non-hydrogen) atoms. The minimum atomic E-state index is -0.120. The van der Waals surface area contributed by atoms with Gasteiger partial charge >= 0.3 is 0 Å². The van der Waals surface area contributed by atoms with Crippen molar-refractivity contribution in [2.24, 2.45) is 0 Å². The van der Waals surface area contributed by atoms with Gasteiger partial charge in [0.05, 0.1) is 18.5 Å². The third-order valence-electron chi connectivity index (χ3n) is 4.87. The van der Waals surface area contributed by atoms with Crippen LogP contribution in [-0.4, -0.2) is 22.4 Å². The number of hydrogen-bond acceptors (Lipinski definition) is 3. The topological polar surface area (TPSA) is 55.6 Å². The lowest BCUT2D eigenvalue weighted by atomic mass is 10.1. The molecule has 0 saturated heterocycles. The molecule has 2 aromatic carbocycles. The average molecular weight is 371 g/mol. The molecule has 5 nitrogen and oxygen atoms in total. The van der Waals surface area contributed by atoms with Gasteiger partial charge in [-0.1, -0.05) is 18.2 Å². The molecular weight excluding hydrogens is 350 g/mol. The van der Waals surface area contributed by atoms with Crippen LogP contribution in [0.3, 0.4) is 0 Å². The largest absolute Gasteiger partial charge is 0.497 e. The van der Waals surface area contributed by atoms with E-state index in [4.69, 9.17) is 9.72 Å². The van der Waals surface area contributed by atoms with E-state index >= 15 is 0 Å². The predicted molar refractivity (Wildman–Crippen MR) is 111 cm³/mol. The first-order valence-corrected chi connectivity index (χ1v) is 9.07. The van der Waals surface area contributed by atoms with Gasteiger partial charge in [-0.3, -0.25) is 4.79 Å². The number of ether oxygens (including phenoxy) is 1. The van der Waals surface area contributed by atoms with Crippen LogP contribution in [0, 0.1) is 13.8 Å².